The van der Waals surface area contributed by atoms with Crippen molar-refractivity contribution in [3.63, 3.8) is 0 Å². The third-order valence-corrected chi connectivity index (χ3v) is 7.88. The van der Waals surface area contributed by atoms with Crippen LogP contribution in [0.5, 0.6) is 17.2 Å². The molecule has 0 aliphatic heterocycles. The first-order valence-corrected chi connectivity index (χ1v) is 16.6. The molecule has 0 amide bonds. The van der Waals surface area contributed by atoms with Gasteiger partial charge < -0.3 is 15.3 Å². The molecule has 6 rings (SSSR count). The molecule has 0 fully saturated rings. The van der Waals surface area contributed by atoms with E-state index < -0.39 is 14.8 Å². The van der Waals surface area contributed by atoms with E-state index in [-0.39, 0.29) is 93.4 Å². The fraction of sp³-hybridized carbons (Fsp3) is 0.0769. The van der Waals surface area contributed by atoms with Crippen LogP contribution in [0, 0.1) is 51.1 Å². The Morgan fingerprint density at radius 2 is 0.690 bits per heavy atom. The number of non-ortho nitro benzene ring substituents is 3. The van der Waals surface area contributed by atoms with Crippen LogP contribution < -0.4 is 15.3 Å². The van der Waals surface area contributed by atoms with E-state index in [4.69, 9.17) is 0 Å². The van der Waals surface area contributed by atoms with Crippen molar-refractivity contribution >= 4 is 51.2 Å². The fourth-order valence-electron chi connectivity index (χ4n) is 4.97. The number of hydrogen-bond acceptors (Lipinski definition) is 15. The summed E-state index contributed by atoms with van der Waals surface area (Å²) in [7, 11) is 0. The third kappa shape index (κ3) is 11.2. The van der Waals surface area contributed by atoms with E-state index in [1.54, 1.807) is 38.1 Å². The van der Waals surface area contributed by atoms with E-state index in [0.717, 1.165) is 16.7 Å². The average Bonchev–Trinajstić information content (AvgIpc) is 3.19. The predicted molar refractivity (Wildman–Crippen MR) is 203 cm³/mol. The van der Waals surface area contributed by atoms with Crippen molar-refractivity contribution in [3.05, 3.63) is 162 Å². The van der Waals surface area contributed by atoms with Crippen LogP contribution in [0.15, 0.2) is 146 Å². The summed E-state index contributed by atoms with van der Waals surface area (Å²) in [6.07, 6.45) is 0. The Morgan fingerprint density at radius 1 is 0.379 bits per heavy atom. The van der Waals surface area contributed by atoms with Gasteiger partial charge in [0.25, 0.3) is 17.1 Å². The zero-order chi connectivity index (χ0) is 41.2. The molecule has 0 aliphatic carbocycles. The number of rotatable bonds is 10. The van der Waals surface area contributed by atoms with Gasteiger partial charge in [0.1, 0.15) is 0 Å². The summed E-state index contributed by atoms with van der Waals surface area (Å²) in [6, 6.07) is 26.8. The molecule has 19 heteroatoms. The minimum absolute atomic E-state index is 0. The van der Waals surface area contributed by atoms with E-state index in [9.17, 15) is 45.7 Å². The van der Waals surface area contributed by atoms with Crippen molar-refractivity contribution in [1.82, 2.24) is 0 Å². The normalized spacial score (nSPS) is 10.9. The summed E-state index contributed by atoms with van der Waals surface area (Å²) < 4.78 is 0. The first-order valence-electron chi connectivity index (χ1n) is 16.6. The first kappa shape index (κ1) is 43.1. The van der Waals surface area contributed by atoms with Gasteiger partial charge in [-0.15, -0.1) is 10.2 Å². The van der Waals surface area contributed by atoms with Gasteiger partial charge in [-0.2, -0.15) is 20.5 Å². The van der Waals surface area contributed by atoms with E-state index in [1.807, 2.05) is 6.92 Å². The Labute approximate surface area is 341 Å². The number of nitro groups is 3. The van der Waals surface area contributed by atoms with Gasteiger partial charge in [0.2, 0.25) is 0 Å². The molecule has 0 saturated carbocycles. The molecule has 0 spiro atoms. The minimum Gasteiger partial charge on any atom is -0.871 e. The molecule has 18 nitrogen and oxygen atoms in total. The smallest absolute Gasteiger partial charge is 0.871 e. The Bertz CT molecular complexity index is 2480. The SMILES string of the molecule is Cc1ccc([O-])c(N=Nc2ccc([N+](=O)[O-])cc2)c1.Cc1ccc([O-])c(N=Nc2ccc([N+](=O)[O-])cc2-c2cc([N+](=O)[O-])ccc2N=Nc2cc(C)ccc2[O-])c1.[Ru+3]. The van der Waals surface area contributed by atoms with Crippen LogP contribution in [-0.4, -0.2) is 14.8 Å². The second-order valence-electron chi connectivity index (χ2n) is 12.2. The van der Waals surface area contributed by atoms with Gasteiger partial charge in [-0.05, 0) is 79.9 Å². The molecule has 0 N–H and O–H groups in total. The van der Waals surface area contributed by atoms with Gasteiger partial charge >= 0.3 is 19.5 Å². The van der Waals surface area contributed by atoms with Crippen LogP contribution in [-0.2, 0) is 19.5 Å². The van der Waals surface area contributed by atoms with Gasteiger partial charge in [0, 0.05) is 47.5 Å². The maximum atomic E-state index is 12.2. The Hall–Kier alpha value is -7.66. The number of nitrogens with zero attached hydrogens (tertiary/aromatic N) is 9. The van der Waals surface area contributed by atoms with Crippen LogP contribution in [0.25, 0.3) is 11.1 Å². The molecule has 0 atom stereocenters. The van der Waals surface area contributed by atoms with Crippen LogP contribution in [0.4, 0.5) is 51.2 Å². The largest absolute Gasteiger partial charge is 3.00 e. The van der Waals surface area contributed by atoms with Gasteiger partial charge in [0.15, 0.2) is 0 Å². The van der Waals surface area contributed by atoms with Crippen molar-refractivity contribution in [2.45, 2.75) is 20.8 Å². The standard InChI is InChI=1S/C26H20N6O6.C13H11N3O3.Ru/c1-15-3-9-25(33)23(11-15)29-27-21-7-5-17(31(35)36)13-19(21)20-14-18(32(37)38)6-8-22(20)28-30-24-12-16(2)4-10-26(24)34;1-9-2-7-13(17)12(8-9)15-14-10-3-5-11(6-4-10)16(18)19;/h3-14,33-34H,1-2H3;2-8,17H,1H3;/q;;+3/p-3. The molecule has 1 radical (unpaired) electrons. The maximum absolute atomic E-state index is 12.2. The van der Waals surface area contributed by atoms with Crippen molar-refractivity contribution in [2.75, 3.05) is 0 Å². The molecule has 291 valence electrons. The topological polar surface area (TPSA) is 273 Å². The molecule has 0 saturated heterocycles. The Kier molecular flexibility index (Phi) is 14.3. The zero-order valence-electron chi connectivity index (χ0n) is 30.5. The second-order valence-corrected chi connectivity index (χ2v) is 12.2. The molecule has 0 aliphatic rings. The average molecular weight is 868 g/mol. The number of nitro benzene ring substituents is 3. The zero-order valence-corrected chi connectivity index (χ0v) is 32.3. The fourth-order valence-corrected chi connectivity index (χ4v) is 4.97. The molecule has 0 unspecified atom stereocenters. The van der Waals surface area contributed by atoms with Crippen LogP contribution in [0.2, 0.25) is 0 Å². The van der Waals surface area contributed by atoms with Crippen molar-refractivity contribution in [1.29, 1.82) is 0 Å². The second kappa shape index (κ2) is 19.3. The quantitative estimate of drug-likeness (QED) is 0.0547. The number of azo groups is 3. The summed E-state index contributed by atoms with van der Waals surface area (Å²) in [5.74, 6) is -0.963. The van der Waals surface area contributed by atoms with Gasteiger partial charge in [-0.25, -0.2) is 0 Å². The molecular weight excluding hydrogens is 840 g/mol. The Morgan fingerprint density at radius 3 is 1.03 bits per heavy atom. The Balaban J connectivity index is 0.000000313. The van der Waals surface area contributed by atoms with Gasteiger partial charge in [-0.1, -0.05) is 53.6 Å². The first-order chi connectivity index (χ1) is 27.2. The summed E-state index contributed by atoms with van der Waals surface area (Å²) in [4.78, 5) is 31.8. The van der Waals surface area contributed by atoms with Crippen LogP contribution in [0.3, 0.4) is 0 Å². The van der Waals surface area contributed by atoms with E-state index in [2.05, 4.69) is 30.7 Å². The van der Waals surface area contributed by atoms with Crippen molar-refractivity contribution in [3.8, 4) is 28.4 Å². The number of hydrogen-bond donors (Lipinski definition) is 0. The molecule has 0 heterocycles. The molecule has 6 aromatic carbocycles. The summed E-state index contributed by atoms with van der Waals surface area (Å²) in [5.41, 5.74) is 2.99. The summed E-state index contributed by atoms with van der Waals surface area (Å²) in [6.45, 7) is 5.40. The van der Waals surface area contributed by atoms with E-state index >= 15 is 0 Å². The summed E-state index contributed by atoms with van der Waals surface area (Å²) in [5, 5.41) is 93.4. The van der Waals surface area contributed by atoms with Crippen molar-refractivity contribution < 1.29 is 49.6 Å². The van der Waals surface area contributed by atoms with Crippen molar-refractivity contribution in [2.24, 2.45) is 30.7 Å². The molecule has 0 aromatic heterocycles. The van der Waals surface area contributed by atoms with E-state index in [1.165, 1.54) is 91.0 Å². The number of aryl methyl sites for hydroxylation is 3. The van der Waals surface area contributed by atoms with Gasteiger partial charge in [0.05, 0.1) is 48.9 Å². The molecule has 58 heavy (non-hydrogen) atoms. The van der Waals surface area contributed by atoms with E-state index in [0.29, 0.717) is 5.69 Å². The molecule has 6 aromatic rings. The van der Waals surface area contributed by atoms with Gasteiger partial charge in [-0.3, -0.25) is 30.3 Å². The molecular formula is C39H28N9O9Ru. The summed E-state index contributed by atoms with van der Waals surface area (Å²) >= 11 is 0. The third-order valence-electron chi connectivity index (χ3n) is 7.88. The maximum Gasteiger partial charge on any atom is 3.00 e. The van der Waals surface area contributed by atoms with Crippen LogP contribution in [0.1, 0.15) is 16.7 Å². The van der Waals surface area contributed by atoms with Crippen LogP contribution >= 0.6 is 0 Å². The predicted octanol–water partition coefficient (Wildman–Crippen LogP) is 10.2. The minimum atomic E-state index is -0.629. The molecule has 0 bridgehead atoms. The number of benzene rings is 6. The monoisotopic (exact) mass is 868 g/mol.